The van der Waals surface area contributed by atoms with Crippen molar-refractivity contribution < 1.29 is 4.79 Å². The molecule has 0 aromatic carbocycles. The van der Waals surface area contributed by atoms with Gasteiger partial charge in [0, 0.05) is 30.6 Å². The van der Waals surface area contributed by atoms with Crippen LogP contribution in [0.1, 0.15) is 74.7 Å². The molecule has 35 heavy (non-hydrogen) atoms. The van der Waals surface area contributed by atoms with Gasteiger partial charge in [0.2, 0.25) is 5.91 Å². The number of nitrogens with zero attached hydrogens (tertiary/aromatic N) is 2. The number of nitrogens with one attached hydrogen (secondary N) is 1. The topological polar surface area (TPSA) is 44.7 Å². The van der Waals surface area contributed by atoms with Crippen molar-refractivity contribution in [1.29, 1.82) is 0 Å². The Morgan fingerprint density at radius 1 is 1.11 bits per heavy atom. The van der Waals surface area contributed by atoms with Crippen LogP contribution in [0.15, 0.2) is 75.8 Å². The highest BCUT2D eigenvalue weighted by atomic mass is 16.2. The molecule has 2 aliphatic rings. The molecule has 2 rings (SSSR count). The van der Waals surface area contributed by atoms with E-state index in [2.05, 4.69) is 90.1 Å². The molecule has 2 atom stereocenters. The summed E-state index contributed by atoms with van der Waals surface area (Å²) in [5, 5.41) is 2.94. The third-order valence-corrected chi connectivity index (χ3v) is 7.53. The standard InChI is InChI=1S/C31H47N3O/c1-11-21(5)19-24(8)22(6)13-14-23(7)25(9)27-15-17-34(18-16-27)30(32-12-2)29-26(10)33-31(35)28(29)20(3)4/h12-14,19-21,27-28H,9-11,15-18H2,1-8H3,(H,33,35)/b22-13+,23-14-,24-19+,30-29-,32-12-. The minimum absolute atomic E-state index is 0.0328. The van der Waals surface area contributed by atoms with Crippen LogP contribution in [0, 0.1) is 23.7 Å². The van der Waals surface area contributed by atoms with E-state index in [0.717, 1.165) is 43.7 Å². The lowest BCUT2D eigenvalue weighted by Crippen LogP contribution is -2.35. The first-order valence-corrected chi connectivity index (χ1v) is 13.2. The molecule has 0 spiro atoms. The van der Waals surface area contributed by atoms with Gasteiger partial charge in [-0.15, -0.1) is 0 Å². The lowest BCUT2D eigenvalue weighted by atomic mass is 9.85. The number of carbonyl (C=O) groups excluding carboxylic acids is 1. The first kappa shape index (κ1) is 28.6. The average molecular weight is 478 g/mol. The van der Waals surface area contributed by atoms with Crippen LogP contribution in [-0.2, 0) is 4.79 Å². The fourth-order valence-electron chi connectivity index (χ4n) is 4.89. The van der Waals surface area contributed by atoms with Crippen LogP contribution >= 0.6 is 0 Å². The predicted octanol–water partition coefficient (Wildman–Crippen LogP) is 7.36. The third kappa shape index (κ3) is 7.19. The van der Waals surface area contributed by atoms with Crippen LogP contribution in [0.4, 0.5) is 0 Å². The molecule has 2 heterocycles. The van der Waals surface area contributed by atoms with E-state index in [4.69, 9.17) is 4.99 Å². The Kier molecular flexibility index (Phi) is 10.5. The first-order chi connectivity index (χ1) is 16.5. The van der Waals surface area contributed by atoms with Crippen molar-refractivity contribution in [1.82, 2.24) is 10.2 Å². The average Bonchev–Trinajstić information content (AvgIpc) is 3.13. The summed E-state index contributed by atoms with van der Waals surface area (Å²) < 4.78 is 0. The summed E-state index contributed by atoms with van der Waals surface area (Å²) in [7, 11) is 0. The van der Waals surface area contributed by atoms with Crippen molar-refractivity contribution in [3.63, 3.8) is 0 Å². The number of aliphatic imine (C=N–C) groups is 1. The van der Waals surface area contributed by atoms with Crippen molar-refractivity contribution in [2.45, 2.75) is 74.7 Å². The molecular weight excluding hydrogens is 430 g/mol. The van der Waals surface area contributed by atoms with E-state index in [0.29, 0.717) is 17.5 Å². The van der Waals surface area contributed by atoms with Crippen LogP contribution in [0.2, 0.25) is 0 Å². The van der Waals surface area contributed by atoms with Gasteiger partial charge in [0.1, 0.15) is 5.82 Å². The van der Waals surface area contributed by atoms with Gasteiger partial charge in [-0.3, -0.25) is 4.79 Å². The van der Waals surface area contributed by atoms with Crippen LogP contribution < -0.4 is 5.32 Å². The van der Waals surface area contributed by atoms with Gasteiger partial charge in [-0.1, -0.05) is 71.1 Å². The number of carbonyl (C=O) groups is 1. The van der Waals surface area contributed by atoms with Crippen molar-refractivity contribution in [3.05, 3.63) is 70.8 Å². The summed E-state index contributed by atoms with van der Waals surface area (Å²) >= 11 is 0. The summed E-state index contributed by atoms with van der Waals surface area (Å²) in [5.74, 6) is 1.98. The van der Waals surface area contributed by atoms with Gasteiger partial charge in [-0.25, -0.2) is 4.99 Å². The number of hydrogen-bond acceptors (Lipinski definition) is 3. The molecule has 0 saturated carbocycles. The SMILES string of the molecule is C=C1NC(=O)C(C(C)C)/C1=C(/N=C\C)N1CCC(C(=C)\C(C)=C/C=C(C)/C(C)=C/C(C)CC)CC1. The number of amides is 1. The Morgan fingerprint density at radius 2 is 1.71 bits per heavy atom. The van der Waals surface area contributed by atoms with Crippen molar-refractivity contribution in [3.8, 4) is 0 Å². The van der Waals surface area contributed by atoms with E-state index in [-0.39, 0.29) is 17.7 Å². The second kappa shape index (κ2) is 12.9. The number of likely N-dealkylation sites (tertiary alicyclic amines) is 1. The lowest BCUT2D eigenvalue weighted by Gasteiger charge is -2.36. The van der Waals surface area contributed by atoms with Crippen LogP contribution in [0.25, 0.3) is 0 Å². The molecule has 192 valence electrons. The quantitative estimate of drug-likeness (QED) is 0.278. The third-order valence-electron chi connectivity index (χ3n) is 7.53. The van der Waals surface area contributed by atoms with E-state index in [1.807, 2.05) is 13.1 Å². The van der Waals surface area contributed by atoms with Gasteiger partial charge in [0.05, 0.1) is 5.92 Å². The van der Waals surface area contributed by atoms with Gasteiger partial charge >= 0.3 is 0 Å². The van der Waals surface area contributed by atoms with Gasteiger partial charge < -0.3 is 10.2 Å². The Hall–Kier alpha value is -2.62. The second-order valence-corrected chi connectivity index (χ2v) is 10.5. The van der Waals surface area contributed by atoms with E-state index in [1.54, 1.807) is 0 Å². The molecule has 2 unspecified atom stereocenters. The number of rotatable bonds is 9. The Morgan fingerprint density at radius 3 is 2.26 bits per heavy atom. The minimum Gasteiger partial charge on any atom is -0.356 e. The molecule has 4 heteroatoms. The summed E-state index contributed by atoms with van der Waals surface area (Å²) in [6, 6.07) is 0. The molecule has 0 aliphatic carbocycles. The summed E-state index contributed by atoms with van der Waals surface area (Å²) in [6.07, 6.45) is 11.8. The zero-order valence-corrected chi connectivity index (χ0v) is 23.4. The van der Waals surface area contributed by atoms with Crippen LogP contribution in [0.5, 0.6) is 0 Å². The maximum Gasteiger partial charge on any atom is 0.232 e. The molecule has 2 aliphatic heterocycles. The molecule has 0 aromatic rings. The van der Waals surface area contributed by atoms with E-state index in [9.17, 15) is 4.79 Å². The summed E-state index contributed by atoms with van der Waals surface area (Å²) in [5.41, 5.74) is 6.79. The highest BCUT2D eigenvalue weighted by Crippen LogP contribution is 2.37. The molecular formula is C31H47N3O. The van der Waals surface area contributed by atoms with Gasteiger partial charge in [-0.05, 0) is 75.0 Å². The van der Waals surface area contributed by atoms with Crippen molar-refractivity contribution >= 4 is 12.1 Å². The fraction of sp³-hybridized carbons (Fsp3) is 0.548. The minimum atomic E-state index is -0.202. The van der Waals surface area contributed by atoms with Crippen LogP contribution in [0.3, 0.4) is 0 Å². The molecule has 0 aromatic heterocycles. The van der Waals surface area contributed by atoms with Gasteiger partial charge in [-0.2, -0.15) is 0 Å². The monoisotopic (exact) mass is 477 g/mol. The highest BCUT2D eigenvalue weighted by molar-refractivity contribution is 5.90. The summed E-state index contributed by atoms with van der Waals surface area (Å²) in [6.45, 7) is 27.5. The lowest BCUT2D eigenvalue weighted by molar-refractivity contribution is -0.122. The molecule has 1 N–H and O–H groups in total. The Bertz CT molecular complexity index is 965. The number of allylic oxidation sites excluding steroid dienone is 8. The molecule has 0 radical (unpaired) electrons. The fourth-order valence-corrected chi connectivity index (χ4v) is 4.89. The maximum atomic E-state index is 12.6. The molecule has 4 nitrogen and oxygen atoms in total. The number of piperidine rings is 1. The van der Waals surface area contributed by atoms with Gasteiger partial charge in [0.15, 0.2) is 0 Å². The van der Waals surface area contributed by atoms with E-state index < -0.39 is 0 Å². The van der Waals surface area contributed by atoms with E-state index in [1.165, 1.54) is 22.3 Å². The first-order valence-electron chi connectivity index (χ1n) is 13.2. The summed E-state index contributed by atoms with van der Waals surface area (Å²) in [4.78, 5) is 19.6. The Labute approximate surface area is 214 Å². The number of hydrogen-bond donors (Lipinski definition) is 1. The molecule has 2 fully saturated rings. The Balaban J connectivity index is 2.15. The van der Waals surface area contributed by atoms with E-state index >= 15 is 0 Å². The molecule has 2 saturated heterocycles. The zero-order valence-electron chi connectivity index (χ0n) is 23.4. The highest BCUT2D eigenvalue weighted by Gasteiger charge is 2.38. The maximum absolute atomic E-state index is 12.6. The molecule has 1 amide bonds. The second-order valence-electron chi connectivity index (χ2n) is 10.5. The van der Waals surface area contributed by atoms with Crippen molar-refractivity contribution in [2.75, 3.05) is 13.1 Å². The largest absolute Gasteiger partial charge is 0.356 e. The normalized spacial score (nSPS) is 23.4. The van der Waals surface area contributed by atoms with Crippen LogP contribution in [-0.4, -0.2) is 30.1 Å². The predicted molar refractivity (Wildman–Crippen MR) is 151 cm³/mol. The smallest absolute Gasteiger partial charge is 0.232 e. The molecule has 0 bridgehead atoms. The van der Waals surface area contributed by atoms with Crippen molar-refractivity contribution in [2.24, 2.45) is 28.7 Å². The zero-order chi connectivity index (χ0) is 26.3. The van der Waals surface area contributed by atoms with Gasteiger partial charge in [0.25, 0.3) is 0 Å².